The predicted octanol–water partition coefficient (Wildman–Crippen LogP) is 3.45. The minimum Gasteiger partial charge on any atom is -0.399 e. The lowest BCUT2D eigenvalue weighted by Gasteiger charge is -2.29. The number of aryl methyl sites for hydroxylation is 1. The molecule has 3 unspecified atom stereocenters. The van der Waals surface area contributed by atoms with Crippen molar-refractivity contribution in [2.45, 2.75) is 32.6 Å². The fraction of sp³-hybridized carbons (Fsp3) is 0.625. The zero-order chi connectivity index (χ0) is 12.7. The van der Waals surface area contributed by atoms with Gasteiger partial charge in [0.05, 0.1) is 0 Å². The van der Waals surface area contributed by atoms with Crippen LogP contribution in [0.5, 0.6) is 0 Å². The second-order valence-corrected chi connectivity index (χ2v) is 6.36. The van der Waals surface area contributed by atoms with Gasteiger partial charge in [0, 0.05) is 25.0 Å². The van der Waals surface area contributed by atoms with Crippen LogP contribution < -0.4 is 10.6 Å². The molecular weight excluding hydrogens is 220 g/mol. The van der Waals surface area contributed by atoms with Crippen LogP contribution in [0.4, 0.5) is 11.4 Å². The highest BCUT2D eigenvalue weighted by atomic mass is 15.1. The minimum absolute atomic E-state index is 0.865. The third-order valence-corrected chi connectivity index (χ3v) is 5.03. The van der Waals surface area contributed by atoms with Crippen LogP contribution >= 0.6 is 0 Å². The van der Waals surface area contributed by atoms with Crippen molar-refractivity contribution in [3.05, 3.63) is 23.8 Å². The normalized spacial score (nSPS) is 29.8. The molecule has 2 saturated carbocycles. The fourth-order valence-electron chi connectivity index (χ4n) is 4.16. The maximum absolute atomic E-state index is 5.82. The summed E-state index contributed by atoms with van der Waals surface area (Å²) in [5.74, 6) is 2.97. The third-order valence-electron chi connectivity index (χ3n) is 5.03. The lowest BCUT2D eigenvalue weighted by molar-refractivity contribution is 0.337. The number of nitrogens with zero attached hydrogens (tertiary/aromatic N) is 1. The number of fused-ring (bicyclic) bond motifs is 2. The van der Waals surface area contributed by atoms with E-state index in [2.05, 4.69) is 31.0 Å². The van der Waals surface area contributed by atoms with Gasteiger partial charge in [-0.1, -0.05) is 6.42 Å². The molecule has 2 heteroatoms. The van der Waals surface area contributed by atoms with Gasteiger partial charge in [-0.3, -0.25) is 0 Å². The summed E-state index contributed by atoms with van der Waals surface area (Å²) in [4.78, 5) is 2.43. The Kier molecular flexibility index (Phi) is 2.96. The van der Waals surface area contributed by atoms with Crippen LogP contribution in [0.25, 0.3) is 0 Å². The monoisotopic (exact) mass is 244 g/mol. The van der Waals surface area contributed by atoms with Crippen molar-refractivity contribution in [2.75, 3.05) is 24.2 Å². The van der Waals surface area contributed by atoms with Crippen molar-refractivity contribution in [1.82, 2.24) is 0 Å². The summed E-state index contributed by atoms with van der Waals surface area (Å²) in [5, 5.41) is 0. The summed E-state index contributed by atoms with van der Waals surface area (Å²) < 4.78 is 0. The Morgan fingerprint density at radius 1 is 1.28 bits per heavy atom. The van der Waals surface area contributed by atoms with E-state index in [0.717, 1.165) is 23.4 Å². The Morgan fingerprint density at radius 3 is 2.72 bits per heavy atom. The molecule has 2 aliphatic carbocycles. The molecule has 3 rings (SSSR count). The van der Waals surface area contributed by atoms with Gasteiger partial charge in [-0.25, -0.2) is 0 Å². The second-order valence-electron chi connectivity index (χ2n) is 6.36. The molecule has 1 aromatic rings. The van der Waals surface area contributed by atoms with E-state index in [0.29, 0.717) is 0 Å². The molecule has 3 atom stereocenters. The summed E-state index contributed by atoms with van der Waals surface area (Å²) in [6.07, 6.45) is 5.93. The first kappa shape index (κ1) is 11.9. The van der Waals surface area contributed by atoms with Crippen molar-refractivity contribution in [3.8, 4) is 0 Å². The molecule has 2 nitrogen and oxygen atoms in total. The molecule has 0 aliphatic heterocycles. The van der Waals surface area contributed by atoms with Crippen molar-refractivity contribution < 1.29 is 0 Å². The molecule has 0 spiro atoms. The zero-order valence-electron chi connectivity index (χ0n) is 11.5. The third kappa shape index (κ3) is 2.09. The Hall–Kier alpha value is -1.18. The SMILES string of the molecule is Cc1cc(N)ccc1N(C)CC1CC2CCC1C2. The highest BCUT2D eigenvalue weighted by Gasteiger charge is 2.39. The number of hydrogen-bond donors (Lipinski definition) is 1. The van der Waals surface area contributed by atoms with Gasteiger partial charge in [0.2, 0.25) is 0 Å². The van der Waals surface area contributed by atoms with E-state index in [-0.39, 0.29) is 0 Å². The van der Waals surface area contributed by atoms with Crippen molar-refractivity contribution in [3.63, 3.8) is 0 Å². The van der Waals surface area contributed by atoms with Gasteiger partial charge in [-0.2, -0.15) is 0 Å². The molecule has 2 fully saturated rings. The summed E-state index contributed by atoms with van der Waals surface area (Å²) in [7, 11) is 2.23. The standard InChI is InChI=1S/C16H24N2/c1-11-7-15(17)5-6-16(11)18(2)10-14-9-12-3-4-13(14)8-12/h5-7,12-14H,3-4,8-10,17H2,1-2H3. The zero-order valence-corrected chi connectivity index (χ0v) is 11.5. The number of hydrogen-bond acceptors (Lipinski definition) is 2. The van der Waals surface area contributed by atoms with E-state index < -0.39 is 0 Å². The summed E-state index contributed by atoms with van der Waals surface area (Å²) >= 11 is 0. The summed E-state index contributed by atoms with van der Waals surface area (Å²) in [6.45, 7) is 3.37. The number of nitrogen functional groups attached to an aromatic ring is 1. The first-order valence-corrected chi connectivity index (χ1v) is 7.20. The predicted molar refractivity (Wildman–Crippen MR) is 77.8 cm³/mol. The van der Waals surface area contributed by atoms with Crippen molar-refractivity contribution in [2.24, 2.45) is 17.8 Å². The average molecular weight is 244 g/mol. The molecule has 0 radical (unpaired) electrons. The minimum atomic E-state index is 0.865. The van der Waals surface area contributed by atoms with E-state index in [9.17, 15) is 0 Å². The topological polar surface area (TPSA) is 29.3 Å². The van der Waals surface area contributed by atoms with Crippen molar-refractivity contribution >= 4 is 11.4 Å². The summed E-state index contributed by atoms with van der Waals surface area (Å²) in [5.41, 5.74) is 9.32. The van der Waals surface area contributed by atoms with Gasteiger partial charge in [-0.15, -0.1) is 0 Å². The van der Waals surface area contributed by atoms with Crippen LogP contribution in [0.3, 0.4) is 0 Å². The number of anilines is 2. The number of rotatable bonds is 3. The largest absolute Gasteiger partial charge is 0.399 e. The van der Waals surface area contributed by atoms with Gasteiger partial charge in [-0.05, 0) is 67.7 Å². The van der Waals surface area contributed by atoms with Crippen LogP contribution in [0.2, 0.25) is 0 Å². The lowest BCUT2D eigenvalue weighted by atomic mass is 9.88. The number of benzene rings is 1. The molecule has 2 N–H and O–H groups in total. The maximum Gasteiger partial charge on any atom is 0.0394 e. The second kappa shape index (κ2) is 4.49. The Morgan fingerprint density at radius 2 is 2.11 bits per heavy atom. The van der Waals surface area contributed by atoms with Crippen molar-refractivity contribution in [1.29, 1.82) is 0 Å². The van der Waals surface area contributed by atoms with Crippen LogP contribution in [0, 0.1) is 24.7 Å². The fourth-order valence-corrected chi connectivity index (χ4v) is 4.16. The number of nitrogens with two attached hydrogens (primary N) is 1. The highest BCUT2D eigenvalue weighted by molar-refractivity contribution is 5.58. The molecule has 0 amide bonds. The van der Waals surface area contributed by atoms with Gasteiger partial charge < -0.3 is 10.6 Å². The molecule has 2 aliphatic rings. The van der Waals surface area contributed by atoms with Gasteiger partial charge >= 0.3 is 0 Å². The average Bonchev–Trinajstić information content (AvgIpc) is 2.90. The highest BCUT2D eigenvalue weighted by Crippen LogP contribution is 2.48. The molecule has 1 aromatic carbocycles. The van der Waals surface area contributed by atoms with Gasteiger partial charge in [0.15, 0.2) is 0 Å². The van der Waals surface area contributed by atoms with Crippen LogP contribution in [-0.4, -0.2) is 13.6 Å². The van der Waals surface area contributed by atoms with E-state index in [4.69, 9.17) is 5.73 Å². The maximum atomic E-state index is 5.82. The molecule has 0 aromatic heterocycles. The summed E-state index contributed by atoms with van der Waals surface area (Å²) in [6, 6.07) is 6.25. The van der Waals surface area contributed by atoms with E-state index in [1.165, 1.54) is 43.5 Å². The van der Waals surface area contributed by atoms with E-state index in [1.807, 2.05) is 6.07 Å². The van der Waals surface area contributed by atoms with E-state index >= 15 is 0 Å². The first-order valence-electron chi connectivity index (χ1n) is 7.20. The van der Waals surface area contributed by atoms with Crippen LogP contribution in [0.15, 0.2) is 18.2 Å². The Labute approximate surface area is 110 Å². The Bertz CT molecular complexity index is 441. The molecule has 2 bridgehead atoms. The van der Waals surface area contributed by atoms with Crippen LogP contribution in [0.1, 0.15) is 31.2 Å². The molecule has 0 heterocycles. The quantitative estimate of drug-likeness (QED) is 0.825. The smallest absolute Gasteiger partial charge is 0.0394 e. The Balaban J connectivity index is 1.69. The van der Waals surface area contributed by atoms with Gasteiger partial charge in [0.1, 0.15) is 0 Å². The first-order chi connectivity index (χ1) is 8.63. The van der Waals surface area contributed by atoms with Crippen LogP contribution in [-0.2, 0) is 0 Å². The molecule has 0 saturated heterocycles. The molecule has 18 heavy (non-hydrogen) atoms. The lowest BCUT2D eigenvalue weighted by Crippen LogP contribution is -2.29. The van der Waals surface area contributed by atoms with Gasteiger partial charge in [0.25, 0.3) is 0 Å². The molecule has 98 valence electrons. The van der Waals surface area contributed by atoms with E-state index in [1.54, 1.807) is 0 Å². The molecular formula is C16H24N2.